The molecule has 1 aliphatic carbocycles. The second-order valence-corrected chi connectivity index (χ2v) is 7.61. The lowest BCUT2D eigenvalue weighted by molar-refractivity contribution is 0.0725. The SMILES string of the molecule is COc1cccc(-c2nc(C(=O)N(C)[C@@H]3CCc4ccccc43)cs2)c1OC. The van der Waals surface area contributed by atoms with Crippen LogP contribution in [0.2, 0.25) is 0 Å². The van der Waals surface area contributed by atoms with Crippen molar-refractivity contribution in [3.05, 3.63) is 64.7 Å². The number of carbonyl (C=O) groups is 1. The maximum atomic E-state index is 13.1. The van der Waals surface area contributed by atoms with Crippen LogP contribution in [0.25, 0.3) is 10.6 Å². The maximum Gasteiger partial charge on any atom is 0.273 e. The Labute approximate surface area is 168 Å². The molecule has 28 heavy (non-hydrogen) atoms. The summed E-state index contributed by atoms with van der Waals surface area (Å²) in [4.78, 5) is 19.5. The third-order valence-electron chi connectivity index (χ3n) is 5.25. The predicted octanol–water partition coefficient (Wildman–Crippen LogP) is 4.59. The number of amides is 1. The Bertz CT molecular complexity index is 1010. The van der Waals surface area contributed by atoms with Crippen LogP contribution in [-0.4, -0.2) is 37.1 Å². The van der Waals surface area contributed by atoms with Crippen molar-refractivity contribution in [1.29, 1.82) is 0 Å². The Morgan fingerprint density at radius 1 is 1.14 bits per heavy atom. The third kappa shape index (κ3) is 3.14. The number of methoxy groups -OCH3 is 2. The summed E-state index contributed by atoms with van der Waals surface area (Å²) < 4.78 is 10.9. The number of carbonyl (C=O) groups excluding carboxylic acids is 1. The molecule has 144 valence electrons. The van der Waals surface area contributed by atoms with E-state index in [-0.39, 0.29) is 11.9 Å². The largest absolute Gasteiger partial charge is 0.493 e. The molecule has 0 fully saturated rings. The number of benzene rings is 2. The van der Waals surface area contributed by atoms with Crippen molar-refractivity contribution in [2.75, 3.05) is 21.3 Å². The highest BCUT2D eigenvalue weighted by atomic mass is 32.1. The zero-order valence-corrected chi connectivity index (χ0v) is 17.0. The molecule has 1 aliphatic rings. The standard InChI is InChI=1S/C22H22N2O3S/c1-24(18-12-11-14-7-4-5-8-15(14)18)22(25)17-13-28-21(23-17)16-9-6-10-19(26-2)20(16)27-3/h4-10,13,18H,11-12H2,1-3H3/t18-/m1/s1. The summed E-state index contributed by atoms with van der Waals surface area (Å²) in [5.74, 6) is 1.20. The highest BCUT2D eigenvalue weighted by Crippen LogP contribution is 2.40. The van der Waals surface area contributed by atoms with Crippen molar-refractivity contribution in [3.63, 3.8) is 0 Å². The van der Waals surface area contributed by atoms with Crippen LogP contribution in [0.15, 0.2) is 47.8 Å². The summed E-state index contributed by atoms with van der Waals surface area (Å²) in [6.45, 7) is 0. The monoisotopic (exact) mass is 394 g/mol. The molecule has 6 heteroatoms. The van der Waals surface area contributed by atoms with Gasteiger partial charge in [0.2, 0.25) is 0 Å². The second-order valence-electron chi connectivity index (χ2n) is 6.75. The summed E-state index contributed by atoms with van der Waals surface area (Å²) in [6, 6.07) is 14.1. The third-order valence-corrected chi connectivity index (χ3v) is 6.12. The number of ether oxygens (including phenoxy) is 2. The van der Waals surface area contributed by atoms with Gasteiger partial charge in [0, 0.05) is 12.4 Å². The quantitative estimate of drug-likeness (QED) is 0.635. The molecule has 0 radical (unpaired) electrons. The van der Waals surface area contributed by atoms with Gasteiger partial charge in [0.05, 0.1) is 25.8 Å². The Balaban J connectivity index is 1.61. The molecule has 0 aliphatic heterocycles. The first-order valence-corrected chi connectivity index (χ1v) is 10.0. The smallest absolute Gasteiger partial charge is 0.273 e. The average Bonchev–Trinajstić information content (AvgIpc) is 3.39. The van der Waals surface area contributed by atoms with E-state index in [1.807, 2.05) is 41.6 Å². The van der Waals surface area contributed by atoms with Crippen LogP contribution >= 0.6 is 11.3 Å². The van der Waals surface area contributed by atoms with E-state index in [4.69, 9.17) is 9.47 Å². The van der Waals surface area contributed by atoms with Crippen LogP contribution < -0.4 is 9.47 Å². The van der Waals surface area contributed by atoms with E-state index < -0.39 is 0 Å². The number of aryl methyl sites for hydroxylation is 1. The fourth-order valence-electron chi connectivity index (χ4n) is 3.81. The molecule has 3 aromatic rings. The van der Waals surface area contributed by atoms with Gasteiger partial charge in [-0.25, -0.2) is 4.98 Å². The topological polar surface area (TPSA) is 51.7 Å². The Morgan fingerprint density at radius 3 is 2.75 bits per heavy atom. The molecule has 0 spiro atoms. The number of fused-ring (bicyclic) bond motifs is 1. The van der Waals surface area contributed by atoms with E-state index in [0.717, 1.165) is 23.4 Å². The summed E-state index contributed by atoms with van der Waals surface area (Å²) in [5, 5.41) is 2.55. The number of hydrogen-bond acceptors (Lipinski definition) is 5. The number of thiazole rings is 1. The highest BCUT2D eigenvalue weighted by Gasteiger charge is 2.30. The molecule has 0 bridgehead atoms. The van der Waals surface area contributed by atoms with Crippen LogP contribution in [0.1, 0.15) is 34.1 Å². The van der Waals surface area contributed by atoms with Gasteiger partial charge in [-0.05, 0) is 36.1 Å². The fraction of sp³-hybridized carbons (Fsp3) is 0.273. The molecule has 0 saturated heterocycles. The summed E-state index contributed by atoms with van der Waals surface area (Å²) in [7, 11) is 5.07. The van der Waals surface area contributed by atoms with Gasteiger partial charge in [-0.1, -0.05) is 30.3 Å². The van der Waals surface area contributed by atoms with Crippen molar-refractivity contribution in [1.82, 2.24) is 9.88 Å². The molecule has 1 amide bonds. The number of hydrogen-bond donors (Lipinski definition) is 0. The molecule has 1 atom stereocenters. The van der Waals surface area contributed by atoms with Crippen molar-refractivity contribution in [3.8, 4) is 22.1 Å². The lowest BCUT2D eigenvalue weighted by Crippen LogP contribution is -2.30. The van der Waals surface area contributed by atoms with E-state index in [2.05, 4.69) is 23.2 Å². The fourth-order valence-corrected chi connectivity index (χ4v) is 4.63. The van der Waals surface area contributed by atoms with Gasteiger partial charge in [0.25, 0.3) is 5.91 Å². The molecule has 1 aromatic heterocycles. The average molecular weight is 394 g/mol. The molecule has 0 unspecified atom stereocenters. The lowest BCUT2D eigenvalue weighted by Gasteiger charge is -2.24. The van der Waals surface area contributed by atoms with Crippen molar-refractivity contribution >= 4 is 17.2 Å². The van der Waals surface area contributed by atoms with Gasteiger partial charge >= 0.3 is 0 Å². The Hall–Kier alpha value is -2.86. The minimum atomic E-state index is -0.0638. The predicted molar refractivity (Wildman–Crippen MR) is 110 cm³/mol. The summed E-state index contributed by atoms with van der Waals surface area (Å²) >= 11 is 1.43. The molecule has 0 saturated carbocycles. The van der Waals surface area contributed by atoms with Crippen LogP contribution in [-0.2, 0) is 6.42 Å². The Kier molecular flexibility index (Phi) is 5.05. The van der Waals surface area contributed by atoms with E-state index in [9.17, 15) is 4.79 Å². The molecule has 1 heterocycles. The molecule has 4 rings (SSSR count). The summed E-state index contributed by atoms with van der Waals surface area (Å²) in [6.07, 6.45) is 1.95. The van der Waals surface area contributed by atoms with Crippen molar-refractivity contribution < 1.29 is 14.3 Å². The van der Waals surface area contributed by atoms with Crippen LogP contribution in [0, 0.1) is 0 Å². The van der Waals surface area contributed by atoms with E-state index >= 15 is 0 Å². The van der Waals surface area contributed by atoms with Gasteiger partial charge in [-0.15, -0.1) is 11.3 Å². The maximum absolute atomic E-state index is 13.1. The van der Waals surface area contributed by atoms with Crippen LogP contribution in [0.3, 0.4) is 0 Å². The minimum absolute atomic E-state index is 0.0638. The number of para-hydroxylation sites is 1. The van der Waals surface area contributed by atoms with Crippen molar-refractivity contribution in [2.45, 2.75) is 18.9 Å². The Morgan fingerprint density at radius 2 is 1.96 bits per heavy atom. The van der Waals surface area contributed by atoms with Crippen molar-refractivity contribution in [2.24, 2.45) is 0 Å². The molecular weight excluding hydrogens is 372 g/mol. The van der Waals surface area contributed by atoms with E-state index in [0.29, 0.717) is 17.2 Å². The normalized spacial score (nSPS) is 15.2. The van der Waals surface area contributed by atoms with Crippen LogP contribution in [0.5, 0.6) is 11.5 Å². The first-order valence-electron chi connectivity index (χ1n) is 9.16. The minimum Gasteiger partial charge on any atom is -0.493 e. The first kappa shape index (κ1) is 18.5. The number of rotatable bonds is 5. The van der Waals surface area contributed by atoms with Gasteiger partial charge in [0.1, 0.15) is 10.7 Å². The molecule has 2 aromatic carbocycles. The zero-order valence-electron chi connectivity index (χ0n) is 16.1. The number of aromatic nitrogens is 1. The highest BCUT2D eigenvalue weighted by molar-refractivity contribution is 7.13. The molecule has 0 N–H and O–H groups in total. The zero-order chi connectivity index (χ0) is 19.7. The molecular formula is C22H22N2O3S. The van der Waals surface area contributed by atoms with Gasteiger partial charge < -0.3 is 14.4 Å². The number of nitrogens with zero attached hydrogens (tertiary/aromatic N) is 2. The van der Waals surface area contributed by atoms with Gasteiger partial charge in [-0.3, -0.25) is 4.79 Å². The van der Waals surface area contributed by atoms with Crippen LogP contribution in [0.4, 0.5) is 0 Å². The van der Waals surface area contributed by atoms with E-state index in [1.165, 1.54) is 22.5 Å². The lowest BCUT2D eigenvalue weighted by atomic mass is 10.1. The van der Waals surface area contributed by atoms with Gasteiger partial charge in [0.15, 0.2) is 11.5 Å². The second kappa shape index (κ2) is 7.64. The first-order chi connectivity index (χ1) is 13.6. The van der Waals surface area contributed by atoms with E-state index in [1.54, 1.807) is 14.2 Å². The van der Waals surface area contributed by atoms with Gasteiger partial charge in [-0.2, -0.15) is 0 Å². The molecule has 5 nitrogen and oxygen atoms in total. The summed E-state index contributed by atoms with van der Waals surface area (Å²) in [5.41, 5.74) is 3.84.